The van der Waals surface area contributed by atoms with Gasteiger partial charge >= 0.3 is 0 Å². The third kappa shape index (κ3) is 8.18. The molecule has 1 aliphatic heterocycles. The van der Waals surface area contributed by atoms with Gasteiger partial charge in [-0.1, -0.05) is 19.1 Å². The number of hydrogen-bond acceptors (Lipinski definition) is 6. The largest absolute Gasteiger partial charge is 0.324 e. The zero-order valence-corrected chi connectivity index (χ0v) is 23.8. The van der Waals surface area contributed by atoms with Crippen LogP contribution in [-0.4, -0.2) is 58.9 Å². The molecule has 2 aliphatic carbocycles. The van der Waals surface area contributed by atoms with Crippen LogP contribution in [0.1, 0.15) is 82.9 Å². The van der Waals surface area contributed by atoms with Gasteiger partial charge in [-0.25, -0.2) is 14.4 Å². The number of amides is 1. The monoisotopic (exact) mass is 534 g/mol. The summed E-state index contributed by atoms with van der Waals surface area (Å²) in [6.07, 6.45) is 16.8. The highest BCUT2D eigenvalue weighted by Crippen LogP contribution is 2.35. The Hall–Kier alpha value is -3.13. The van der Waals surface area contributed by atoms with E-state index in [0.717, 1.165) is 42.5 Å². The number of hydrazone groups is 1. The van der Waals surface area contributed by atoms with Crippen molar-refractivity contribution in [3.05, 3.63) is 53.4 Å². The van der Waals surface area contributed by atoms with Crippen molar-refractivity contribution in [3.8, 4) is 0 Å². The molecule has 7 nitrogen and oxygen atoms in total. The zero-order chi connectivity index (χ0) is 27.8. The molecule has 1 amide bonds. The predicted octanol–water partition coefficient (Wildman–Crippen LogP) is 6.64. The maximum Gasteiger partial charge on any atom is 0.229 e. The number of piperidine rings is 1. The number of halogens is 1. The van der Waals surface area contributed by atoms with Crippen molar-refractivity contribution in [2.24, 2.45) is 16.0 Å². The van der Waals surface area contributed by atoms with Gasteiger partial charge in [-0.2, -0.15) is 5.10 Å². The fourth-order valence-electron chi connectivity index (χ4n) is 5.39. The molecule has 39 heavy (non-hydrogen) atoms. The summed E-state index contributed by atoms with van der Waals surface area (Å²) in [5.74, 6) is -0.0561. The van der Waals surface area contributed by atoms with Crippen LogP contribution in [0.3, 0.4) is 0 Å². The Morgan fingerprint density at radius 2 is 2.05 bits per heavy atom. The van der Waals surface area contributed by atoms with Gasteiger partial charge in [0.1, 0.15) is 5.83 Å². The summed E-state index contributed by atoms with van der Waals surface area (Å²) >= 11 is 0. The van der Waals surface area contributed by atoms with Gasteiger partial charge in [-0.3, -0.25) is 9.78 Å². The summed E-state index contributed by atoms with van der Waals surface area (Å²) in [5, 5.41) is 8.65. The number of nitrogens with zero attached hydrogens (tertiary/aromatic N) is 5. The van der Waals surface area contributed by atoms with E-state index in [9.17, 15) is 9.18 Å². The lowest BCUT2D eigenvalue weighted by Crippen LogP contribution is -2.39. The summed E-state index contributed by atoms with van der Waals surface area (Å²) in [5.41, 5.74) is 4.95. The number of aromatic nitrogens is 1. The molecule has 8 heteroatoms. The minimum Gasteiger partial charge on any atom is -0.324 e. The van der Waals surface area contributed by atoms with E-state index in [-0.39, 0.29) is 18.1 Å². The first-order chi connectivity index (χ1) is 18.9. The summed E-state index contributed by atoms with van der Waals surface area (Å²) in [6, 6.07) is 2.63. The van der Waals surface area contributed by atoms with Gasteiger partial charge in [0.2, 0.25) is 5.91 Å². The minimum absolute atomic E-state index is 0.0530. The van der Waals surface area contributed by atoms with E-state index in [1.54, 1.807) is 12.4 Å². The molecule has 1 saturated carbocycles. The fourth-order valence-corrected chi connectivity index (χ4v) is 5.39. The maximum absolute atomic E-state index is 14.2. The molecule has 2 fully saturated rings. The van der Waals surface area contributed by atoms with Crippen LogP contribution < -0.4 is 5.32 Å². The molecular formula is C31H43FN6O. The van der Waals surface area contributed by atoms with Gasteiger partial charge in [-0.05, 0) is 108 Å². The van der Waals surface area contributed by atoms with Gasteiger partial charge < -0.3 is 10.2 Å². The maximum atomic E-state index is 14.2. The number of carbonyl (C=O) groups excluding carboxylic acids is 1. The zero-order valence-electron chi connectivity index (χ0n) is 23.8. The van der Waals surface area contributed by atoms with Gasteiger partial charge in [0.25, 0.3) is 0 Å². The average molecular weight is 535 g/mol. The van der Waals surface area contributed by atoms with Crippen LogP contribution in [0, 0.1) is 12.8 Å². The van der Waals surface area contributed by atoms with Crippen LogP contribution in [0.4, 0.5) is 10.1 Å². The van der Waals surface area contributed by atoms with E-state index in [0.29, 0.717) is 24.2 Å². The number of anilines is 1. The normalized spacial score (nSPS) is 21.1. The number of likely N-dealkylation sites (tertiary alicyclic amines) is 1. The number of allylic oxidation sites excluding steroid dienone is 3. The molecular weight excluding hydrogens is 491 g/mol. The number of hydrogen-bond donors (Lipinski definition) is 1. The summed E-state index contributed by atoms with van der Waals surface area (Å²) in [7, 11) is 0. The number of aryl methyl sites for hydroxylation is 1. The van der Waals surface area contributed by atoms with Crippen LogP contribution in [0.5, 0.6) is 0 Å². The molecule has 3 aliphatic rings. The lowest BCUT2D eigenvalue weighted by Gasteiger charge is -2.36. The lowest BCUT2D eigenvalue weighted by atomic mass is 9.90. The molecule has 1 unspecified atom stereocenters. The van der Waals surface area contributed by atoms with Crippen molar-refractivity contribution in [3.63, 3.8) is 0 Å². The molecule has 1 saturated heterocycles. The lowest BCUT2D eigenvalue weighted by molar-refractivity contribution is -0.115. The van der Waals surface area contributed by atoms with Gasteiger partial charge in [0.15, 0.2) is 5.82 Å². The summed E-state index contributed by atoms with van der Waals surface area (Å²) in [4.78, 5) is 24.2. The van der Waals surface area contributed by atoms with Gasteiger partial charge in [-0.15, -0.1) is 0 Å². The van der Waals surface area contributed by atoms with E-state index in [2.05, 4.69) is 33.0 Å². The number of pyridine rings is 1. The molecule has 1 N–H and O–H groups in total. The molecule has 0 aromatic carbocycles. The van der Waals surface area contributed by atoms with E-state index in [1.165, 1.54) is 62.5 Å². The highest BCUT2D eigenvalue weighted by Gasteiger charge is 2.25. The molecule has 0 spiro atoms. The topological polar surface area (TPSA) is 73.2 Å². The second-order valence-corrected chi connectivity index (χ2v) is 10.9. The SMILES string of the molecule is C=C(/C=N\C(=C(C)F)N(CC)/N=C\CC(=O)Nc1cnc(C2=CCC(N3CCCCC3)CC2)c(C)c1)C1CC1. The van der Waals surface area contributed by atoms with Crippen molar-refractivity contribution in [2.45, 2.75) is 84.6 Å². The molecule has 4 rings (SSSR count). The van der Waals surface area contributed by atoms with Crippen molar-refractivity contribution >= 4 is 29.6 Å². The van der Waals surface area contributed by atoms with Crippen LogP contribution in [0.25, 0.3) is 5.57 Å². The van der Waals surface area contributed by atoms with Crippen molar-refractivity contribution in [2.75, 3.05) is 25.0 Å². The first-order valence-electron chi connectivity index (χ1n) is 14.4. The van der Waals surface area contributed by atoms with E-state index >= 15 is 0 Å². The number of aliphatic imine (C=N–C) groups is 1. The third-order valence-corrected chi connectivity index (χ3v) is 7.76. The minimum atomic E-state index is -0.435. The van der Waals surface area contributed by atoms with Crippen LogP contribution in [-0.2, 0) is 4.79 Å². The molecule has 0 bridgehead atoms. The number of carbonyl (C=O) groups is 1. The highest BCUT2D eigenvalue weighted by atomic mass is 19.1. The second-order valence-electron chi connectivity index (χ2n) is 10.9. The Balaban J connectivity index is 1.30. The molecule has 1 aromatic rings. The molecule has 0 radical (unpaired) electrons. The summed E-state index contributed by atoms with van der Waals surface area (Å²) in [6.45, 7) is 12.1. The first-order valence-corrected chi connectivity index (χ1v) is 14.4. The van der Waals surface area contributed by atoms with Crippen LogP contribution in [0.15, 0.2) is 52.2 Å². The van der Waals surface area contributed by atoms with E-state index in [1.807, 2.05) is 19.9 Å². The first kappa shape index (κ1) is 28.9. The Morgan fingerprint density at radius 3 is 2.67 bits per heavy atom. The van der Waals surface area contributed by atoms with Crippen LogP contribution >= 0.6 is 0 Å². The third-order valence-electron chi connectivity index (χ3n) is 7.76. The van der Waals surface area contributed by atoms with E-state index in [4.69, 9.17) is 4.98 Å². The standard InChI is InChI=1S/C31H43FN6O/c1-5-38(31(24(4)32)34-20-23(3)25-9-10-25)35-16-15-29(39)36-27-19-22(2)30(33-21-27)26-11-13-28(14-12-26)37-17-7-6-8-18-37/h11,16,19-21,25,28H,3,5-10,12-15,17-18H2,1-2,4H3,(H,36,39)/b31-24?,34-20-,35-16-. The van der Waals surface area contributed by atoms with Crippen molar-refractivity contribution in [1.82, 2.24) is 14.9 Å². The second kappa shape index (κ2) is 13.8. The van der Waals surface area contributed by atoms with Crippen LogP contribution in [0.2, 0.25) is 0 Å². The molecule has 1 aromatic heterocycles. The Labute approximate surface area is 232 Å². The Morgan fingerprint density at radius 1 is 1.28 bits per heavy atom. The van der Waals surface area contributed by atoms with Crippen molar-refractivity contribution in [1.29, 1.82) is 0 Å². The molecule has 210 valence electrons. The van der Waals surface area contributed by atoms with Gasteiger partial charge in [0, 0.05) is 25.0 Å². The Bertz CT molecular complexity index is 1160. The molecule has 2 heterocycles. The number of rotatable bonds is 11. The molecule has 1 atom stereocenters. The highest BCUT2D eigenvalue weighted by molar-refractivity contribution is 5.99. The van der Waals surface area contributed by atoms with Gasteiger partial charge in [0.05, 0.1) is 24.0 Å². The predicted molar refractivity (Wildman–Crippen MR) is 158 cm³/mol. The smallest absolute Gasteiger partial charge is 0.229 e. The summed E-state index contributed by atoms with van der Waals surface area (Å²) < 4.78 is 14.2. The fraction of sp³-hybridized carbons (Fsp3) is 0.548. The quantitative estimate of drug-likeness (QED) is 0.255. The van der Waals surface area contributed by atoms with E-state index < -0.39 is 5.83 Å². The average Bonchev–Trinajstić information content (AvgIpc) is 3.78. The number of nitrogens with one attached hydrogen (secondary N) is 1. The van der Waals surface area contributed by atoms with Crippen molar-refractivity contribution < 1.29 is 9.18 Å². The Kier molecular flexibility index (Phi) is 10.2.